The molecule has 1 aliphatic heterocycles. The van der Waals surface area contributed by atoms with E-state index in [2.05, 4.69) is 10.3 Å². The first-order valence-corrected chi connectivity index (χ1v) is 8.36. The van der Waals surface area contributed by atoms with Gasteiger partial charge in [0.1, 0.15) is 6.61 Å². The highest BCUT2D eigenvalue weighted by Crippen LogP contribution is 2.37. The Kier molecular flexibility index (Phi) is 6.67. The van der Waals surface area contributed by atoms with Gasteiger partial charge in [0, 0.05) is 31.8 Å². The summed E-state index contributed by atoms with van der Waals surface area (Å²) in [6, 6.07) is 13.1. The second-order valence-corrected chi connectivity index (χ2v) is 5.47. The summed E-state index contributed by atoms with van der Waals surface area (Å²) in [6.07, 6.45) is 1.36. The number of hydrogen-bond donors (Lipinski definition) is 1. The topological polar surface area (TPSA) is 34.1 Å². The van der Waals surface area contributed by atoms with E-state index in [1.807, 2.05) is 44.2 Å². The number of ether oxygens (including phenoxy) is 1. The van der Waals surface area contributed by atoms with Gasteiger partial charge in [-0.15, -0.1) is 0 Å². The number of nitrogens with zero attached hydrogens (tertiary/aromatic N) is 1. The fourth-order valence-corrected chi connectivity index (χ4v) is 2.60. The molecular weight excluding hydrogens is 310 g/mol. The predicted octanol–water partition coefficient (Wildman–Crippen LogP) is 4.40. The van der Waals surface area contributed by atoms with E-state index < -0.39 is 11.8 Å². The predicted molar refractivity (Wildman–Crippen MR) is 91.5 cm³/mol. The summed E-state index contributed by atoms with van der Waals surface area (Å²) in [7, 11) is 0. The van der Waals surface area contributed by atoms with Gasteiger partial charge in [-0.2, -0.15) is 0 Å². The molecule has 1 atom stereocenters. The van der Waals surface area contributed by atoms with Gasteiger partial charge in [0.05, 0.1) is 5.92 Å². The highest BCUT2D eigenvalue weighted by Gasteiger charge is 2.42. The lowest BCUT2D eigenvalue weighted by molar-refractivity contribution is -0.0480. The Bertz CT molecular complexity index is 603. The van der Waals surface area contributed by atoms with Crippen molar-refractivity contribution in [1.29, 1.82) is 0 Å². The second-order valence-electron chi connectivity index (χ2n) is 5.47. The minimum Gasteiger partial charge on any atom is -0.473 e. The molecular formula is C19H24F2N2O. The molecule has 0 aliphatic carbocycles. The number of alkyl halides is 2. The molecule has 1 saturated heterocycles. The molecule has 1 unspecified atom stereocenters. The maximum absolute atomic E-state index is 13.9. The summed E-state index contributed by atoms with van der Waals surface area (Å²) in [5, 5.41) is 3.01. The van der Waals surface area contributed by atoms with Crippen LogP contribution in [0.5, 0.6) is 5.88 Å². The lowest BCUT2D eigenvalue weighted by atomic mass is 9.89. The van der Waals surface area contributed by atoms with Crippen molar-refractivity contribution in [2.75, 3.05) is 13.1 Å². The molecule has 0 saturated carbocycles. The minimum absolute atomic E-state index is 0.135. The molecule has 5 heteroatoms. The van der Waals surface area contributed by atoms with E-state index >= 15 is 0 Å². The SMILES string of the molecule is CC.FC1(F)CCNCC1c1ccc(OCc2ccccc2)nc1. The molecule has 0 radical (unpaired) electrons. The van der Waals surface area contributed by atoms with Crippen LogP contribution in [0.25, 0.3) is 0 Å². The fraction of sp³-hybridized carbons (Fsp3) is 0.421. The van der Waals surface area contributed by atoms with Gasteiger partial charge >= 0.3 is 0 Å². The molecule has 1 aliphatic rings. The van der Waals surface area contributed by atoms with Crippen LogP contribution in [0.2, 0.25) is 0 Å². The summed E-state index contributed by atoms with van der Waals surface area (Å²) in [5.41, 5.74) is 1.58. The largest absolute Gasteiger partial charge is 0.473 e. The van der Waals surface area contributed by atoms with Gasteiger partial charge < -0.3 is 10.1 Å². The van der Waals surface area contributed by atoms with Gasteiger partial charge in [0.2, 0.25) is 5.88 Å². The Hall–Kier alpha value is -2.01. The molecule has 1 N–H and O–H groups in total. The van der Waals surface area contributed by atoms with Crippen molar-refractivity contribution in [3.05, 3.63) is 59.8 Å². The normalized spacial score (nSPS) is 19.1. The van der Waals surface area contributed by atoms with E-state index in [9.17, 15) is 8.78 Å². The van der Waals surface area contributed by atoms with Crippen LogP contribution in [0, 0.1) is 0 Å². The van der Waals surface area contributed by atoms with Gasteiger partial charge in [-0.25, -0.2) is 13.8 Å². The van der Waals surface area contributed by atoms with Crippen LogP contribution in [0.1, 0.15) is 37.3 Å². The monoisotopic (exact) mass is 334 g/mol. The van der Waals surface area contributed by atoms with Gasteiger partial charge in [0.25, 0.3) is 5.92 Å². The van der Waals surface area contributed by atoms with E-state index in [-0.39, 0.29) is 13.0 Å². The number of pyridine rings is 1. The Balaban J connectivity index is 0.00000100. The lowest BCUT2D eigenvalue weighted by Crippen LogP contribution is -2.42. The Morgan fingerprint density at radius 2 is 1.92 bits per heavy atom. The van der Waals surface area contributed by atoms with Crippen molar-refractivity contribution in [3.8, 4) is 5.88 Å². The molecule has 0 bridgehead atoms. The van der Waals surface area contributed by atoms with E-state index in [4.69, 9.17) is 4.74 Å². The average Bonchev–Trinajstić information content (AvgIpc) is 2.63. The zero-order valence-corrected chi connectivity index (χ0v) is 14.1. The smallest absolute Gasteiger partial charge is 0.257 e. The molecule has 130 valence electrons. The summed E-state index contributed by atoms with van der Waals surface area (Å²) >= 11 is 0. The maximum atomic E-state index is 13.9. The zero-order valence-electron chi connectivity index (χ0n) is 14.1. The van der Waals surface area contributed by atoms with Gasteiger partial charge in [-0.1, -0.05) is 50.2 Å². The Morgan fingerprint density at radius 1 is 1.17 bits per heavy atom. The van der Waals surface area contributed by atoms with Crippen LogP contribution < -0.4 is 10.1 Å². The summed E-state index contributed by atoms with van der Waals surface area (Å²) in [4.78, 5) is 4.15. The molecule has 24 heavy (non-hydrogen) atoms. The van der Waals surface area contributed by atoms with Crippen molar-refractivity contribution in [2.24, 2.45) is 0 Å². The highest BCUT2D eigenvalue weighted by atomic mass is 19.3. The summed E-state index contributed by atoms with van der Waals surface area (Å²) in [6.45, 7) is 5.04. The van der Waals surface area contributed by atoms with Gasteiger partial charge in [0.15, 0.2) is 0 Å². The molecule has 2 aromatic rings. The Labute approximate surface area is 142 Å². The molecule has 1 fully saturated rings. The first kappa shape index (κ1) is 18.3. The van der Waals surface area contributed by atoms with Crippen LogP contribution in [0.4, 0.5) is 8.78 Å². The van der Waals surface area contributed by atoms with Crippen LogP contribution in [-0.4, -0.2) is 24.0 Å². The number of hydrogen-bond acceptors (Lipinski definition) is 3. The van der Waals surface area contributed by atoms with E-state index in [1.54, 1.807) is 12.1 Å². The third-order valence-electron chi connectivity index (χ3n) is 3.88. The molecule has 2 heterocycles. The molecule has 1 aromatic carbocycles. The lowest BCUT2D eigenvalue weighted by Gasteiger charge is -2.32. The quantitative estimate of drug-likeness (QED) is 0.900. The zero-order chi connectivity index (χ0) is 17.4. The van der Waals surface area contributed by atoms with Crippen molar-refractivity contribution in [1.82, 2.24) is 10.3 Å². The number of rotatable bonds is 4. The van der Waals surface area contributed by atoms with Crippen molar-refractivity contribution in [3.63, 3.8) is 0 Å². The van der Waals surface area contributed by atoms with Gasteiger partial charge in [-0.05, 0) is 11.1 Å². The molecule has 3 nitrogen and oxygen atoms in total. The molecule has 0 amide bonds. The first-order chi connectivity index (χ1) is 11.6. The summed E-state index contributed by atoms with van der Waals surface area (Å²) < 4.78 is 33.4. The average molecular weight is 334 g/mol. The number of aromatic nitrogens is 1. The summed E-state index contributed by atoms with van der Waals surface area (Å²) in [5.74, 6) is -3.06. The van der Waals surface area contributed by atoms with E-state index in [0.717, 1.165) is 5.56 Å². The van der Waals surface area contributed by atoms with E-state index in [0.29, 0.717) is 24.6 Å². The van der Waals surface area contributed by atoms with Crippen molar-refractivity contribution < 1.29 is 13.5 Å². The van der Waals surface area contributed by atoms with E-state index in [1.165, 1.54) is 6.20 Å². The minimum atomic E-state index is -2.68. The molecule has 0 spiro atoms. The van der Waals surface area contributed by atoms with Crippen LogP contribution >= 0.6 is 0 Å². The van der Waals surface area contributed by atoms with Crippen molar-refractivity contribution in [2.45, 2.75) is 38.7 Å². The van der Waals surface area contributed by atoms with Crippen LogP contribution in [0.15, 0.2) is 48.7 Å². The number of nitrogens with one attached hydrogen (secondary N) is 1. The fourth-order valence-electron chi connectivity index (χ4n) is 2.60. The third-order valence-corrected chi connectivity index (χ3v) is 3.88. The van der Waals surface area contributed by atoms with Crippen LogP contribution in [0.3, 0.4) is 0 Å². The number of benzene rings is 1. The van der Waals surface area contributed by atoms with Crippen LogP contribution in [-0.2, 0) is 6.61 Å². The van der Waals surface area contributed by atoms with Gasteiger partial charge in [-0.3, -0.25) is 0 Å². The second kappa shape index (κ2) is 8.73. The third kappa shape index (κ3) is 4.74. The standard InChI is InChI=1S/C17H18F2N2O.C2H6/c18-17(19)8-9-20-11-15(17)14-6-7-16(21-10-14)22-12-13-4-2-1-3-5-13;1-2/h1-7,10,15,20H,8-9,11-12H2;1-2H3. The Morgan fingerprint density at radius 3 is 2.54 bits per heavy atom. The van der Waals surface area contributed by atoms with Crippen molar-refractivity contribution >= 4 is 0 Å². The molecule has 1 aromatic heterocycles. The number of halogens is 2. The number of piperidine rings is 1. The maximum Gasteiger partial charge on any atom is 0.257 e. The first-order valence-electron chi connectivity index (χ1n) is 8.36. The highest BCUT2D eigenvalue weighted by molar-refractivity contribution is 5.25. The molecule has 3 rings (SSSR count).